The van der Waals surface area contributed by atoms with E-state index in [2.05, 4.69) is 0 Å². The Hall–Kier alpha value is -0.440. The average molecular weight is 242 g/mol. The number of aliphatic carboxylic acids is 2. The van der Waals surface area contributed by atoms with Gasteiger partial charge in [0.05, 0.1) is 6.42 Å². The van der Waals surface area contributed by atoms with E-state index in [1.165, 1.54) is 0 Å². The molecule has 8 heteroatoms. The summed E-state index contributed by atoms with van der Waals surface area (Å²) < 4.78 is 22.2. The van der Waals surface area contributed by atoms with Crippen molar-refractivity contribution in [2.75, 3.05) is 5.75 Å². The van der Waals surface area contributed by atoms with Crippen molar-refractivity contribution in [3.63, 3.8) is 0 Å². The van der Waals surface area contributed by atoms with E-state index in [0.717, 1.165) is 6.92 Å². The van der Waals surface area contributed by atoms with Crippen LogP contribution in [0.15, 0.2) is 0 Å². The quantitative estimate of drug-likeness (QED) is 0.471. The highest BCUT2D eigenvalue weighted by atomic mass is 33.2. The molecular formula is C6H10O6S2. The van der Waals surface area contributed by atoms with E-state index in [1.807, 2.05) is 0 Å². The second-order valence-electron chi connectivity index (χ2n) is 2.39. The van der Waals surface area contributed by atoms with E-state index in [-0.39, 0.29) is 12.2 Å². The molecule has 0 aliphatic carbocycles. The number of hydrogen-bond acceptors (Lipinski definition) is 4. The zero-order valence-corrected chi connectivity index (χ0v) is 8.97. The standard InChI is InChI=1S/C6H10O6S2/c1-4(6(9)10)14(12)13(11)3-2-5(7)8/h4H,2-3H2,1H3,(H,7,8)(H,9,10). The molecule has 0 rings (SSSR count). The summed E-state index contributed by atoms with van der Waals surface area (Å²) in [5, 5.41) is 15.4. The predicted molar refractivity (Wildman–Crippen MR) is 50.5 cm³/mol. The summed E-state index contributed by atoms with van der Waals surface area (Å²) in [6.07, 6.45) is -0.384. The van der Waals surface area contributed by atoms with Crippen LogP contribution in [0, 0.1) is 0 Å². The molecule has 0 amide bonds. The van der Waals surface area contributed by atoms with Crippen LogP contribution in [0.5, 0.6) is 0 Å². The summed E-state index contributed by atoms with van der Waals surface area (Å²) in [4.78, 5) is 20.4. The maximum atomic E-state index is 11.1. The first-order chi connectivity index (χ1) is 6.36. The second kappa shape index (κ2) is 6.12. The molecule has 0 bridgehead atoms. The van der Waals surface area contributed by atoms with Gasteiger partial charge in [0, 0.05) is 0 Å². The molecule has 0 saturated heterocycles. The van der Waals surface area contributed by atoms with Crippen molar-refractivity contribution in [3.8, 4) is 0 Å². The molecule has 0 aromatic heterocycles. The Morgan fingerprint density at radius 1 is 1.36 bits per heavy atom. The Balaban J connectivity index is 4.04. The van der Waals surface area contributed by atoms with Gasteiger partial charge >= 0.3 is 11.9 Å². The minimum Gasteiger partial charge on any atom is -0.571 e. The highest BCUT2D eigenvalue weighted by Crippen LogP contribution is 2.13. The maximum absolute atomic E-state index is 11.1. The van der Waals surface area contributed by atoms with E-state index < -0.39 is 37.6 Å². The molecular weight excluding hydrogens is 232 g/mol. The fourth-order valence-corrected chi connectivity index (χ4v) is 3.44. The number of hydrogen-bond donors (Lipinski definition) is 2. The first kappa shape index (κ1) is 13.6. The summed E-state index contributed by atoms with van der Waals surface area (Å²) in [7, 11) is -3.97. The molecule has 2 N–H and O–H groups in total. The fourth-order valence-electron chi connectivity index (χ4n) is 0.496. The molecule has 0 aromatic rings. The molecule has 0 fully saturated rings. The van der Waals surface area contributed by atoms with Crippen LogP contribution in [-0.2, 0) is 30.0 Å². The lowest BCUT2D eigenvalue weighted by Gasteiger charge is -2.14. The van der Waals surface area contributed by atoms with E-state index in [1.54, 1.807) is 0 Å². The molecule has 0 spiro atoms. The van der Waals surface area contributed by atoms with Crippen LogP contribution in [0.1, 0.15) is 13.3 Å². The van der Waals surface area contributed by atoms with Crippen molar-refractivity contribution >= 4 is 32.4 Å². The SMILES string of the molecule is CC(C(=O)O)[S+]([O-])[S+]([O-])CCC(=O)O. The van der Waals surface area contributed by atoms with Gasteiger partial charge in [-0.3, -0.25) is 4.79 Å². The van der Waals surface area contributed by atoms with Crippen LogP contribution in [0.4, 0.5) is 0 Å². The maximum Gasteiger partial charge on any atom is 0.361 e. The molecule has 6 nitrogen and oxygen atoms in total. The van der Waals surface area contributed by atoms with Gasteiger partial charge in [-0.25, -0.2) is 4.79 Å². The van der Waals surface area contributed by atoms with Gasteiger partial charge in [0.2, 0.25) is 0 Å². The van der Waals surface area contributed by atoms with Gasteiger partial charge in [-0.1, -0.05) is 0 Å². The van der Waals surface area contributed by atoms with Gasteiger partial charge in [-0.2, -0.15) is 0 Å². The molecule has 0 aliphatic heterocycles. The summed E-state index contributed by atoms with van der Waals surface area (Å²) in [6, 6.07) is 0. The number of rotatable bonds is 6. The lowest BCUT2D eigenvalue weighted by atomic mass is 10.5. The lowest BCUT2D eigenvalue weighted by Crippen LogP contribution is -2.34. The molecule has 0 aliphatic rings. The van der Waals surface area contributed by atoms with E-state index in [9.17, 15) is 18.7 Å². The molecule has 3 unspecified atom stereocenters. The van der Waals surface area contributed by atoms with Crippen molar-refractivity contribution in [2.24, 2.45) is 0 Å². The highest BCUT2D eigenvalue weighted by Gasteiger charge is 2.37. The van der Waals surface area contributed by atoms with Crippen molar-refractivity contribution in [1.29, 1.82) is 0 Å². The molecule has 0 radical (unpaired) electrons. The monoisotopic (exact) mass is 242 g/mol. The molecule has 14 heavy (non-hydrogen) atoms. The minimum absolute atomic E-state index is 0.292. The topological polar surface area (TPSA) is 121 Å². The zero-order chi connectivity index (χ0) is 11.3. The van der Waals surface area contributed by atoms with Crippen LogP contribution in [0.25, 0.3) is 0 Å². The normalized spacial score (nSPS) is 17.1. The number of carbonyl (C=O) groups is 2. The fraction of sp³-hybridized carbons (Fsp3) is 0.667. The average Bonchev–Trinajstić information content (AvgIpc) is 2.11. The van der Waals surface area contributed by atoms with Crippen molar-refractivity contribution in [1.82, 2.24) is 0 Å². The Morgan fingerprint density at radius 2 is 1.86 bits per heavy atom. The van der Waals surface area contributed by atoms with E-state index in [4.69, 9.17) is 10.2 Å². The van der Waals surface area contributed by atoms with E-state index in [0.29, 0.717) is 0 Å². The first-order valence-corrected chi connectivity index (χ1v) is 6.65. The van der Waals surface area contributed by atoms with E-state index >= 15 is 0 Å². The Morgan fingerprint density at radius 3 is 2.21 bits per heavy atom. The smallest absolute Gasteiger partial charge is 0.361 e. The first-order valence-electron chi connectivity index (χ1n) is 3.60. The van der Waals surface area contributed by atoms with Gasteiger partial charge < -0.3 is 19.3 Å². The largest absolute Gasteiger partial charge is 0.571 e. The lowest BCUT2D eigenvalue weighted by molar-refractivity contribution is -0.137. The molecule has 3 atom stereocenters. The Kier molecular flexibility index (Phi) is 5.93. The number of carboxylic acids is 2. The van der Waals surface area contributed by atoms with Crippen LogP contribution in [0.2, 0.25) is 0 Å². The van der Waals surface area contributed by atoms with Crippen molar-refractivity contribution in [3.05, 3.63) is 0 Å². The zero-order valence-electron chi connectivity index (χ0n) is 7.34. The summed E-state index contributed by atoms with van der Waals surface area (Å²) >= 11 is 0. The predicted octanol–water partition coefficient (Wildman–Crippen LogP) is -0.653. The van der Waals surface area contributed by atoms with Crippen molar-refractivity contribution in [2.45, 2.75) is 18.6 Å². The second-order valence-corrected chi connectivity index (χ2v) is 6.74. The highest BCUT2D eigenvalue weighted by molar-refractivity contribution is 8.67. The Labute approximate surface area is 86.1 Å². The molecule has 0 saturated carbocycles. The van der Waals surface area contributed by atoms with Gasteiger partial charge in [0.15, 0.2) is 26.2 Å². The molecule has 0 heterocycles. The Bertz CT molecular complexity index is 220. The van der Waals surface area contributed by atoms with Crippen LogP contribution < -0.4 is 0 Å². The van der Waals surface area contributed by atoms with Gasteiger partial charge in [-0.15, -0.1) is 0 Å². The minimum atomic E-state index is -2.05. The number of carboxylic acid groups (broad SMARTS) is 2. The van der Waals surface area contributed by atoms with Gasteiger partial charge in [-0.05, 0) is 6.92 Å². The van der Waals surface area contributed by atoms with Crippen molar-refractivity contribution < 1.29 is 28.9 Å². The summed E-state index contributed by atoms with van der Waals surface area (Å²) in [6.45, 7) is 1.16. The van der Waals surface area contributed by atoms with Gasteiger partial charge in [0.1, 0.15) is 0 Å². The summed E-state index contributed by atoms with van der Waals surface area (Å²) in [5.74, 6) is -2.76. The molecule has 0 aromatic carbocycles. The summed E-state index contributed by atoms with van der Waals surface area (Å²) in [5.41, 5.74) is 0. The van der Waals surface area contributed by atoms with Crippen LogP contribution in [-0.4, -0.2) is 42.3 Å². The van der Waals surface area contributed by atoms with Crippen LogP contribution in [0.3, 0.4) is 0 Å². The third-order valence-electron chi connectivity index (χ3n) is 1.30. The van der Waals surface area contributed by atoms with Crippen LogP contribution >= 0.6 is 0 Å². The third-order valence-corrected chi connectivity index (χ3v) is 5.45. The van der Waals surface area contributed by atoms with Gasteiger partial charge in [0.25, 0.3) is 5.25 Å². The molecule has 82 valence electrons. The third kappa shape index (κ3) is 4.70.